The van der Waals surface area contributed by atoms with Gasteiger partial charge in [0, 0.05) is 24.2 Å². The van der Waals surface area contributed by atoms with Crippen molar-refractivity contribution in [2.45, 2.75) is 13.5 Å². The fraction of sp³-hybridized carbons (Fsp3) is 0.200. The quantitative estimate of drug-likeness (QED) is 0.859. The van der Waals surface area contributed by atoms with E-state index < -0.39 is 17.2 Å². The van der Waals surface area contributed by atoms with Gasteiger partial charge in [0.25, 0.3) is 0 Å². The molecular weight excluding hydrogens is 277 g/mol. The number of pyridine rings is 1. The lowest BCUT2D eigenvalue weighted by atomic mass is 10.1. The normalized spacial score (nSPS) is 10.6. The molecule has 1 N–H and O–H groups in total. The van der Waals surface area contributed by atoms with Crippen LogP contribution < -0.4 is 10.2 Å². The average molecular weight is 291 g/mol. The topological polar surface area (TPSA) is 68.5 Å². The number of halogens is 1. The van der Waals surface area contributed by atoms with E-state index in [1.54, 1.807) is 11.5 Å². The van der Waals surface area contributed by atoms with Crippen LogP contribution in [0.4, 0.5) is 4.39 Å². The third-order valence-electron chi connectivity index (χ3n) is 3.06. The molecule has 0 aliphatic heterocycles. The highest BCUT2D eigenvalue weighted by atomic mass is 19.1. The molecule has 0 aliphatic rings. The first kappa shape index (κ1) is 14.8. The predicted molar refractivity (Wildman–Crippen MR) is 76.5 cm³/mol. The molecular formula is C15H14FNO4. The molecule has 0 atom stereocenters. The Morgan fingerprint density at radius 1 is 1.52 bits per heavy atom. The third-order valence-corrected chi connectivity index (χ3v) is 3.06. The summed E-state index contributed by atoms with van der Waals surface area (Å²) in [5.41, 5.74) is -0.673. The summed E-state index contributed by atoms with van der Waals surface area (Å²) in [6.45, 7) is 5.84. The monoisotopic (exact) mass is 291 g/mol. The molecule has 1 aromatic heterocycles. The maximum atomic E-state index is 13.9. The number of hydrogen-bond donors (Lipinski definition) is 1. The lowest BCUT2D eigenvalue weighted by molar-refractivity contribution is 0.0695. The van der Waals surface area contributed by atoms with Crippen molar-refractivity contribution in [3.05, 3.63) is 52.6 Å². The Labute approximate surface area is 119 Å². The minimum Gasteiger partial charge on any atom is -0.486 e. The SMILES string of the molecule is C=CCOc1cc2c(cc1F)c(=O)c(C(=O)O)cn2CC. The average Bonchev–Trinajstić information content (AvgIpc) is 2.46. The number of aryl methyl sites for hydroxylation is 1. The first-order valence-corrected chi connectivity index (χ1v) is 6.33. The number of fused-ring (bicyclic) bond motifs is 1. The van der Waals surface area contributed by atoms with E-state index in [0.29, 0.717) is 12.1 Å². The van der Waals surface area contributed by atoms with Crippen LogP contribution in [-0.2, 0) is 6.54 Å². The Kier molecular flexibility index (Phi) is 4.07. The molecule has 0 radical (unpaired) electrons. The fourth-order valence-electron chi connectivity index (χ4n) is 2.06. The molecule has 110 valence electrons. The van der Waals surface area contributed by atoms with Gasteiger partial charge in [0.1, 0.15) is 12.2 Å². The molecule has 1 heterocycles. The number of nitrogens with zero attached hydrogens (tertiary/aromatic N) is 1. The Balaban J connectivity index is 2.78. The molecule has 5 nitrogen and oxygen atoms in total. The Bertz CT molecular complexity index is 779. The summed E-state index contributed by atoms with van der Waals surface area (Å²) in [6, 6.07) is 2.40. The van der Waals surface area contributed by atoms with Gasteiger partial charge in [-0.1, -0.05) is 12.7 Å². The van der Waals surface area contributed by atoms with Gasteiger partial charge in [0.15, 0.2) is 11.6 Å². The van der Waals surface area contributed by atoms with Gasteiger partial charge in [-0.2, -0.15) is 0 Å². The lowest BCUT2D eigenvalue weighted by Crippen LogP contribution is -2.19. The largest absolute Gasteiger partial charge is 0.486 e. The van der Waals surface area contributed by atoms with Crippen LogP contribution >= 0.6 is 0 Å². The minimum atomic E-state index is -1.34. The molecule has 0 saturated carbocycles. The predicted octanol–water partition coefficient (Wildman–Crippen LogP) is 2.42. The van der Waals surface area contributed by atoms with E-state index in [-0.39, 0.29) is 23.3 Å². The highest BCUT2D eigenvalue weighted by Gasteiger charge is 2.16. The highest BCUT2D eigenvalue weighted by Crippen LogP contribution is 2.24. The number of aromatic nitrogens is 1. The molecule has 2 rings (SSSR count). The van der Waals surface area contributed by atoms with Crippen molar-refractivity contribution >= 4 is 16.9 Å². The number of carboxylic acid groups (broad SMARTS) is 1. The molecule has 0 fully saturated rings. The summed E-state index contributed by atoms with van der Waals surface area (Å²) < 4.78 is 20.7. The molecule has 0 aliphatic carbocycles. The van der Waals surface area contributed by atoms with Crippen LogP contribution in [0.3, 0.4) is 0 Å². The summed E-state index contributed by atoms with van der Waals surface area (Å²) in [6.07, 6.45) is 2.73. The molecule has 0 bridgehead atoms. The van der Waals surface area contributed by atoms with Gasteiger partial charge in [-0.05, 0) is 13.0 Å². The zero-order valence-electron chi connectivity index (χ0n) is 11.4. The van der Waals surface area contributed by atoms with E-state index in [4.69, 9.17) is 9.84 Å². The Morgan fingerprint density at radius 2 is 2.24 bits per heavy atom. The molecule has 0 spiro atoms. The Morgan fingerprint density at radius 3 is 2.81 bits per heavy atom. The number of rotatable bonds is 5. The number of aromatic carboxylic acids is 1. The van der Waals surface area contributed by atoms with Crippen molar-refractivity contribution in [2.24, 2.45) is 0 Å². The molecule has 0 amide bonds. The highest BCUT2D eigenvalue weighted by molar-refractivity contribution is 5.92. The van der Waals surface area contributed by atoms with Crippen molar-refractivity contribution in [1.29, 1.82) is 0 Å². The zero-order chi connectivity index (χ0) is 15.6. The van der Waals surface area contributed by atoms with E-state index in [2.05, 4.69) is 6.58 Å². The van der Waals surface area contributed by atoms with Crippen LogP contribution in [0.2, 0.25) is 0 Å². The van der Waals surface area contributed by atoms with Crippen LogP contribution in [-0.4, -0.2) is 22.2 Å². The minimum absolute atomic E-state index is 0.00734. The number of carboxylic acids is 1. The second-order valence-electron chi connectivity index (χ2n) is 4.36. The van der Waals surface area contributed by atoms with E-state index in [9.17, 15) is 14.0 Å². The number of benzene rings is 1. The van der Waals surface area contributed by atoms with Gasteiger partial charge in [-0.25, -0.2) is 9.18 Å². The maximum absolute atomic E-state index is 13.9. The standard InChI is InChI=1S/C15H14FNO4/c1-3-5-21-13-7-12-9(6-11(13)16)14(18)10(15(19)20)8-17(12)4-2/h3,6-8H,1,4-5H2,2H3,(H,19,20). The van der Waals surface area contributed by atoms with Crippen molar-refractivity contribution in [3.63, 3.8) is 0 Å². The Hall–Kier alpha value is -2.63. The molecule has 1 aromatic carbocycles. The van der Waals surface area contributed by atoms with Gasteiger partial charge >= 0.3 is 5.97 Å². The number of ether oxygens (including phenoxy) is 1. The second kappa shape index (κ2) is 5.78. The van der Waals surface area contributed by atoms with E-state index >= 15 is 0 Å². The number of hydrogen-bond acceptors (Lipinski definition) is 3. The molecule has 6 heteroatoms. The van der Waals surface area contributed by atoms with Crippen LogP contribution in [0.25, 0.3) is 10.9 Å². The van der Waals surface area contributed by atoms with Crippen molar-refractivity contribution in [1.82, 2.24) is 4.57 Å². The van der Waals surface area contributed by atoms with E-state index in [1.165, 1.54) is 18.3 Å². The number of carbonyl (C=O) groups is 1. The van der Waals surface area contributed by atoms with E-state index in [1.807, 2.05) is 0 Å². The molecule has 0 saturated heterocycles. The van der Waals surface area contributed by atoms with Crippen molar-refractivity contribution < 1.29 is 19.0 Å². The van der Waals surface area contributed by atoms with Crippen molar-refractivity contribution in [2.75, 3.05) is 6.61 Å². The fourth-order valence-corrected chi connectivity index (χ4v) is 2.06. The summed E-state index contributed by atoms with van der Waals surface area (Å²) >= 11 is 0. The summed E-state index contributed by atoms with van der Waals surface area (Å²) in [5.74, 6) is -2.06. The van der Waals surface area contributed by atoms with Gasteiger partial charge in [0.2, 0.25) is 5.43 Å². The zero-order valence-corrected chi connectivity index (χ0v) is 11.4. The van der Waals surface area contributed by atoms with Gasteiger partial charge in [0.05, 0.1) is 5.52 Å². The summed E-state index contributed by atoms with van der Waals surface area (Å²) in [7, 11) is 0. The van der Waals surface area contributed by atoms with E-state index in [0.717, 1.165) is 6.07 Å². The summed E-state index contributed by atoms with van der Waals surface area (Å²) in [5, 5.41) is 9.06. The van der Waals surface area contributed by atoms with Crippen LogP contribution in [0, 0.1) is 5.82 Å². The smallest absolute Gasteiger partial charge is 0.341 e. The molecule has 21 heavy (non-hydrogen) atoms. The summed E-state index contributed by atoms with van der Waals surface area (Å²) in [4.78, 5) is 23.2. The van der Waals surface area contributed by atoms with Gasteiger partial charge < -0.3 is 14.4 Å². The molecule has 0 unspecified atom stereocenters. The third kappa shape index (κ3) is 2.65. The second-order valence-corrected chi connectivity index (χ2v) is 4.36. The lowest BCUT2D eigenvalue weighted by Gasteiger charge is -2.12. The van der Waals surface area contributed by atoms with Crippen LogP contribution in [0.5, 0.6) is 5.75 Å². The molecule has 2 aromatic rings. The van der Waals surface area contributed by atoms with Gasteiger partial charge in [-0.3, -0.25) is 4.79 Å². The van der Waals surface area contributed by atoms with Crippen molar-refractivity contribution in [3.8, 4) is 5.75 Å². The first-order chi connectivity index (χ1) is 9.99. The van der Waals surface area contributed by atoms with Gasteiger partial charge in [-0.15, -0.1) is 0 Å². The van der Waals surface area contributed by atoms with Crippen LogP contribution in [0.1, 0.15) is 17.3 Å². The maximum Gasteiger partial charge on any atom is 0.341 e. The van der Waals surface area contributed by atoms with Crippen LogP contribution in [0.15, 0.2) is 35.8 Å². The first-order valence-electron chi connectivity index (χ1n) is 6.33.